The van der Waals surface area contributed by atoms with Gasteiger partial charge in [0.05, 0.1) is 6.17 Å². The third-order valence-electron chi connectivity index (χ3n) is 2.18. The Morgan fingerprint density at radius 1 is 1.33 bits per heavy atom. The molecule has 0 aromatic rings. The molecule has 0 rings (SSSR count). The van der Waals surface area contributed by atoms with Gasteiger partial charge in [0.15, 0.2) is 0 Å². The molecule has 12 heavy (non-hydrogen) atoms. The Kier molecular flexibility index (Phi) is 7.45. The van der Waals surface area contributed by atoms with Crippen LogP contribution in [-0.2, 0) is 0 Å². The first-order chi connectivity index (χ1) is 5.76. The van der Waals surface area contributed by atoms with Gasteiger partial charge in [-0.1, -0.05) is 13.8 Å². The molecule has 0 saturated carbocycles. The molecule has 1 unspecified atom stereocenters. The molecular formula is C9H23N3. The van der Waals surface area contributed by atoms with Gasteiger partial charge in [0.25, 0.3) is 0 Å². The van der Waals surface area contributed by atoms with Crippen LogP contribution in [0.25, 0.3) is 0 Å². The normalized spacial score (nSPS) is 13.8. The van der Waals surface area contributed by atoms with E-state index in [0.29, 0.717) is 6.17 Å². The first kappa shape index (κ1) is 11.9. The van der Waals surface area contributed by atoms with Gasteiger partial charge in [-0.25, -0.2) is 0 Å². The Labute approximate surface area is 76.3 Å². The van der Waals surface area contributed by atoms with E-state index in [1.54, 1.807) is 0 Å². The lowest BCUT2D eigenvalue weighted by Gasteiger charge is -2.27. The van der Waals surface area contributed by atoms with Crippen molar-refractivity contribution in [3.8, 4) is 0 Å². The summed E-state index contributed by atoms with van der Waals surface area (Å²) in [5.41, 5.74) is 5.40. The fourth-order valence-electron chi connectivity index (χ4n) is 1.31. The Balaban J connectivity index is 3.47. The molecule has 0 spiro atoms. The maximum absolute atomic E-state index is 5.40. The molecule has 3 heteroatoms. The van der Waals surface area contributed by atoms with Gasteiger partial charge >= 0.3 is 0 Å². The van der Waals surface area contributed by atoms with E-state index in [4.69, 9.17) is 5.73 Å². The molecule has 0 heterocycles. The van der Waals surface area contributed by atoms with Crippen LogP contribution >= 0.6 is 0 Å². The molecule has 1 atom stereocenters. The van der Waals surface area contributed by atoms with Crippen LogP contribution in [0.2, 0.25) is 0 Å². The van der Waals surface area contributed by atoms with Crippen molar-refractivity contribution in [2.75, 3.05) is 26.2 Å². The van der Waals surface area contributed by atoms with Crippen LogP contribution in [0.1, 0.15) is 27.2 Å². The summed E-state index contributed by atoms with van der Waals surface area (Å²) in [6.07, 6.45) is 1.54. The lowest BCUT2D eigenvalue weighted by atomic mass is 10.3. The van der Waals surface area contributed by atoms with E-state index in [9.17, 15) is 0 Å². The fraction of sp³-hybridized carbons (Fsp3) is 1.00. The second-order valence-electron chi connectivity index (χ2n) is 2.99. The van der Waals surface area contributed by atoms with Crippen LogP contribution in [-0.4, -0.2) is 37.2 Å². The Morgan fingerprint density at radius 3 is 2.33 bits per heavy atom. The molecule has 0 saturated heterocycles. The van der Waals surface area contributed by atoms with Crippen molar-refractivity contribution >= 4 is 0 Å². The number of nitrogens with one attached hydrogen (secondary N) is 1. The van der Waals surface area contributed by atoms with Gasteiger partial charge in [0.2, 0.25) is 0 Å². The molecule has 0 fully saturated rings. The van der Waals surface area contributed by atoms with Gasteiger partial charge in [-0.15, -0.1) is 0 Å². The maximum atomic E-state index is 5.40. The van der Waals surface area contributed by atoms with E-state index in [1.807, 2.05) is 0 Å². The molecule has 74 valence electrons. The molecule has 0 amide bonds. The summed E-state index contributed by atoms with van der Waals surface area (Å²) in [7, 11) is 0. The topological polar surface area (TPSA) is 41.3 Å². The third-order valence-corrected chi connectivity index (χ3v) is 2.18. The van der Waals surface area contributed by atoms with Gasteiger partial charge in [0.1, 0.15) is 0 Å². The Hall–Kier alpha value is -0.120. The zero-order valence-corrected chi connectivity index (χ0v) is 8.64. The molecule has 0 aliphatic heterocycles. The highest BCUT2D eigenvalue weighted by molar-refractivity contribution is 4.61. The van der Waals surface area contributed by atoms with E-state index >= 15 is 0 Å². The molecule has 0 aromatic heterocycles. The first-order valence-electron chi connectivity index (χ1n) is 4.93. The molecule has 3 N–H and O–H groups in total. The van der Waals surface area contributed by atoms with E-state index in [1.165, 1.54) is 0 Å². The van der Waals surface area contributed by atoms with Crippen LogP contribution < -0.4 is 11.1 Å². The quantitative estimate of drug-likeness (QED) is 0.438. The number of nitrogens with zero attached hydrogens (tertiary/aromatic N) is 1. The summed E-state index contributed by atoms with van der Waals surface area (Å²) >= 11 is 0. The van der Waals surface area contributed by atoms with Gasteiger partial charge in [0, 0.05) is 0 Å². The second-order valence-corrected chi connectivity index (χ2v) is 2.99. The zero-order chi connectivity index (χ0) is 9.40. The highest BCUT2D eigenvalue weighted by atomic mass is 15.2. The van der Waals surface area contributed by atoms with Gasteiger partial charge in [-0.2, -0.15) is 0 Å². The zero-order valence-electron chi connectivity index (χ0n) is 8.64. The highest BCUT2D eigenvalue weighted by Gasteiger charge is 2.07. The van der Waals surface area contributed by atoms with Crippen LogP contribution in [0.15, 0.2) is 0 Å². The van der Waals surface area contributed by atoms with Crippen LogP contribution in [0.5, 0.6) is 0 Å². The van der Waals surface area contributed by atoms with Crippen LogP contribution in [0, 0.1) is 0 Å². The maximum Gasteiger partial charge on any atom is 0.0567 e. The minimum Gasteiger partial charge on any atom is -0.330 e. The van der Waals surface area contributed by atoms with E-state index in [2.05, 4.69) is 31.0 Å². The summed E-state index contributed by atoms with van der Waals surface area (Å²) in [5.74, 6) is 0. The van der Waals surface area contributed by atoms with Crippen LogP contribution in [0.3, 0.4) is 0 Å². The van der Waals surface area contributed by atoms with Crippen molar-refractivity contribution in [1.82, 2.24) is 10.2 Å². The number of rotatable bonds is 7. The fourth-order valence-corrected chi connectivity index (χ4v) is 1.31. The summed E-state index contributed by atoms with van der Waals surface area (Å²) < 4.78 is 0. The molecule has 0 bridgehead atoms. The minimum atomic E-state index is 0.478. The molecule has 3 nitrogen and oxygen atoms in total. The summed E-state index contributed by atoms with van der Waals surface area (Å²) in [4.78, 5) is 2.39. The van der Waals surface area contributed by atoms with Crippen molar-refractivity contribution in [2.24, 2.45) is 5.73 Å². The van der Waals surface area contributed by atoms with Crippen LogP contribution in [0.4, 0.5) is 0 Å². The minimum absolute atomic E-state index is 0.478. The van der Waals surface area contributed by atoms with E-state index in [-0.39, 0.29) is 0 Å². The smallest absolute Gasteiger partial charge is 0.0567 e. The molecule has 0 radical (unpaired) electrons. The third kappa shape index (κ3) is 4.70. The van der Waals surface area contributed by atoms with Crippen molar-refractivity contribution in [3.63, 3.8) is 0 Å². The lowest BCUT2D eigenvalue weighted by molar-refractivity contribution is 0.197. The molecule has 0 aliphatic rings. The van der Waals surface area contributed by atoms with Crippen molar-refractivity contribution in [1.29, 1.82) is 0 Å². The largest absolute Gasteiger partial charge is 0.330 e. The van der Waals surface area contributed by atoms with Crippen molar-refractivity contribution in [3.05, 3.63) is 0 Å². The monoisotopic (exact) mass is 173 g/mol. The Morgan fingerprint density at radius 2 is 1.92 bits per heavy atom. The van der Waals surface area contributed by atoms with E-state index in [0.717, 1.165) is 32.6 Å². The Bertz CT molecular complexity index is 91.8. The first-order valence-corrected chi connectivity index (χ1v) is 4.93. The summed E-state index contributed by atoms with van der Waals surface area (Å²) in [6, 6.07) is 0. The number of hydrogen-bond donors (Lipinski definition) is 2. The number of nitrogens with two attached hydrogens (primary N) is 1. The summed E-state index contributed by atoms with van der Waals surface area (Å²) in [5, 5.41) is 3.43. The second kappa shape index (κ2) is 7.53. The van der Waals surface area contributed by atoms with Crippen molar-refractivity contribution < 1.29 is 0 Å². The highest BCUT2D eigenvalue weighted by Crippen LogP contribution is 1.93. The standard InChI is InChI=1S/C9H23N3/c1-4-12(5-2)9(3)11-8-6-7-10/h9,11H,4-8,10H2,1-3H3. The SMILES string of the molecule is CCN(CC)C(C)NCCCN. The average molecular weight is 173 g/mol. The van der Waals surface area contributed by atoms with Gasteiger partial charge in [-0.05, 0) is 39.5 Å². The predicted octanol–water partition coefficient (Wildman–Crippen LogP) is 0.613. The lowest BCUT2D eigenvalue weighted by Crippen LogP contribution is -2.43. The van der Waals surface area contributed by atoms with Gasteiger partial charge < -0.3 is 11.1 Å². The average Bonchev–Trinajstić information content (AvgIpc) is 2.07. The molecule has 0 aromatic carbocycles. The van der Waals surface area contributed by atoms with Gasteiger partial charge in [-0.3, -0.25) is 4.90 Å². The summed E-state index contributed by atoms with van der Waals surface area (Å²) in [6.45, 7) is 10.6. The predicted molar refractivity (Wildman–Crippen MR) is 54.1 cm³/mol. The molecule has 0 aliphatic carbocycles. The van der Waals surface area contributed by atoms with E-state index < -0.39 is 0 Å². The molecular weight excluding hydrogens is 150 g/mol. The van der Waals surface area contributed by atoms with Crippen molar-refractivity contribution in [2.45, 2.75) is 33.4 Å². The number of hydrogen-bond acceptors (Lipinski definition) is 3.